The number of aliphatic hydroxyl groups excluding tert-OH is 1. The summed E-state index contributed by atoms with van der Waals surface area (Å²) >= 11 is 3.40. The van der Waals surface area contributed by atoms with Crippen LogP contribution < -0.4 is 9.64 Å². The summed E-state index contributed by atoms with van der Waals surface area (Å²) in [5, 5.41) is 11.6. The lowest BCUT2D eigenvalue weighted by Gasteiger charge is -2.26. The van der Waals surface area contributed by atoms with Crippen LogP contribution >= 0.6 is 15.9 Å². The fourth-order valence-electron chi connectivity index (χ4n) is 3.96. The van der Waals surface area contributed by atoms with Crippen LogP contribution in [0.25, 0.3) is 11.0 Å². The van der Waals surface area contributed by atoms with Gasteiger partial charge in [0.15, 0.2) is 11.5 Å². The van der Waals surface area contributed by atoms with Gasteiger partial charge in [-0.1, -0.05) is 22.0 Å². The highest BCUT2D eigenvalue weighted by Crippen LogP contribution is 2.42. The molecule has 1 aliphatic rings. The van der Waals surface area contributed by atoms with Crippen molar-refractivity contribution in [2.75, 3.05) is 12.0 Å². The Balaban J connectivity index is 1.63. The number of ketones is 1. The van der Waals surface area contributed by atoms with Crippen molar-refractivity contribution in [2.45, 2.75) is 6.04 Å². The number of ether oxygens (including phenoxy) is 1. The molecule has 1 atom stereocenters. The van der Waals surface area contributed by atoms with Crippen LogP contribution in [0.5, 0.6) is 5.75 Å². The van der Waals surface area contributed by atoms with E-state index in [0.717, 1.165) is 9.86 Å². The number of amides is 1. The number of hydrogen-bond donors (Lipinski definition) is 1. The highest BCUT2D eigenvalue weighted by molar-refractivity contribution is 9.10. The predicted molar refractivity (Wildman–Crippen MR) is 125 cm³/mol. The summed E-state index contributed by atoms with van der Waals surface area (Å²) in [6.07, 6.45) is 3.16. The van der Waals surface area contributed by atoms with Crippen molar-refractivity contribution in [3.63, 3.8) is 0 Å². The molecule has 8 heteroatoms. The first kappa shape index (κ1) is 21.0. The van der Waals surface area contributed by atoms with Crippen LogP contribution in [0.1, 0.15) is 22.2 Å². The average Bonchev–Trinajstić information content (AvgIpc) is 3.38. The van der Waals surface area contributed by atoms with E-state index in [9.17, 15) is 14.7 Å². The average molecular weight is 505 g/mol. The van der Waals surface area contributed by atoms with Crippen molar-refractivity contribution < 1.29 is 23.8 Å². The molecule has 2 aromatic heterocycles. The van der Waals surface area contributed by atoms with E-state index in [1.807, 2.05) is 6.07 Å². The number of furan rings is 1. The second-order valence-corrected chi connectivity index (χ2v) is 8.36. The van der Waals surface area contributed by atoms with E-state index in [4.69, 9.17) is 9.15 Å². The Hall–Kier alpha value is -3.91. The van der Waals surface area contributed by atoms with Crippen molar-refractivity contribution in [1.29, 1.82) is 0 Å². The third-order valence-electron chi connectivity index (χ3n) is 5.51. The SMILES string of the molecule is COc1ccc(N2C(=O)C(O)=C(C(=O)c3cc4cc(Br)ccc4o3)C2c2cccnc2)cc1. The Morgan fingerprint density at radius 1 is 1.15 bits per heavy atom. The maximum absolute atomic E-state index is 13.6. The van der Waals surface area contributed by atoms with Gasteiger partial charge in [0.05, 0.1) is 18.7 Å². The number of carbonyl (C=O) groups is 2. The third-order valence-corrected chi connectivity index (χ3v) is 6.00. The lowest BCUT2D eigenvalue weighted by atomic mass is 9.96. The van der Waals surface area contributed by atoms with Crippen LogP contribution in [-0.4, -0.2) is 28.9 Å². The van der Waals surface area contributed by atoms with Crippen molar-refractivity contribution in [3.8, 4) is 5.75 Å². The van der Waals surface area contributed by atoms with Gasteiger partial charge in [0, 0.05) is 27.9 Å². The van der Waals surface area contributed by atoms with Crippen LogP contribution in [0.4, 0.5) is 5.69 Å². The number of halogens is 1. The molecule has 33 heavy (non-hydrogen) atoms. The van der Waals surface area contributed by atoms with Gasteiger partial charge in [0.2, 0.25) is 5.78 Å². The van der Waals surface area contributed by atoms with E-state index in [2.05, 4.69) is 20.9 Å². The second-order valence-electron chi connectivity index (χ2n) is 7.45. The number of aliphatic hydroxyl groups is 1. The molecule has 0 spiro atoms. The molecular weight excluding hydrogens is 488 g/mol. The normalized spacial score (nSPS) is 16.0. The molecular formula is C25H17BrN2O5. The van der Waals surface area contributed by atoms with E-state index in [-0.39, 0.29) is 11.3 Å². The molecule has 0 radical (unpaired) electrons. The monoisotopic (exact) mass is 504 g/mol. The van der Waals surface area contributed by atoms with Crippen LogP contribution in [0.3, 0.4) is 0 Å². The first-order valence-corrected chi connectivity index (χ1v) is 10.8. The molecule has 1 amide bonds. The molecule has 4 aromatic rings. The minimum Gasteiger partial charge on any atom is -0.503 e. The summed E-state index contributed by atoms with van der Waals surface area (Å²) in [4.78, 5) is 32.3. The number of nitrogens with zero attached hydrogens (tertiary/aromatic N) is 2. The van der Waals surface area contributed by atoms with E-state index in [0.29, 0.717) is 22.6 Å². The number of anilines is 1. The molecule has 5 rings (SSSR count). The van der Waals surface area contributed by atoms with Crippen molar-refractivity contribution in [2.24, 2.45) is 0 Å². The van der Waals surface area contributed by atoms with E-state index >= 15 is 0 Å². The molecule has 0 aliphatic carbocycles. The maximum Gasteiger partial charge on any atom is 0.294 e. The Morgan fingerprint density at radius 2 is 1.94 bits per heavy atom. The van der Waals surface area contributed by atoms with Crippen molar-refractivity contribution in [3.05, 3.63) is 100 Å². The number of Topliss-reactive ketones (excluding diaryl/α,β-unsaturated/α-hetero) is 1. The smallest absolute Gasteiger partial charge is 0.294 e. The molecule has 1 N–H and O–H groups in total. The number of aromatic nitrogens is 1. The van der Waals surface area contributed by atoms with Gasteiger partial charge < -0.3 is 14.3 Å². The zero-order chi connectivity index (χ0) is 23.1. The lowest BCUT2D eigenvalue weighted by Crippen LogP contribution is -2.31. The number of carbonyl (C=O) groups excluding carboxylic acids is 2. The molecule has 2 aromatic carbocycles. The molecule has 0 saturated heterocycles. The zero-order valence-electron chi connectivity index (χ0n) is 17.4. The Bertz CT molecular complexity index is 1410. The number of methoxy groups -OCH3 is 1. The Kier molecular flexibility index (Phi) is 5.22. The van der Waals surface area contributed by atoms with Crippen LogP contribution in [0.2, 0.25) is 0 Å². The molecule has 1 unspecified atom stereocenters. The quantitative estimate of drug-likeness (QED) is 0.366. The summed E-state index contributed by atoms with van der Waals surface area (Å²) in [6.45, 7) is 0. The highest BCUT2D eigenvalue weighted by atomic mass is 79.9. The third kappa shape index (κ3) is 3.58. The van der Waals surface area contributed by atoms with Crippen LogP contribution in [0, 0.1) is 0 Å². The van der Waals surface area contributed by atoms with Gasteiger partial charge in [-0.25, -0.2) is 0 Å². The van der Waals surface area contributed by atoms with Crippen LogP contribution in [0.15, 0.2) is 93.3 Å². The van der Waals surface area contributed by atoms with E-state index < -0.39 is 23.5 Å². The fourth-order valence-corrected chi connectivity index (χ4v) is 4.34. The molecule has 3 heterocycles. The minimum atomic E-state index is -0.882. The van der Waals surface area contributed by atoms with Crippen molar-refractivity contribution in [1.82, 2.24) is 4.98 Å². The molecule has 0 fully saturated rings. The predicted octanol–water partition coefficient (Wildman–Crippen LogP) is 5.38. The van der Waals surface area contributed by atoms with E-state index in [1.54, 1.807) is 74.1 Å². The van der Waals surface area contributed by atoms with Gasteiger partial charge in [0.1, 0.15) is 11.3 Å². The molecule has 164 valence electrons. The number of benzene rings is 2. The van der Waals surface area contributed by atoms with Crippen molar-refractivity contribution >= 4 is 44.3 Å². The number of rotatable bonds is 5. The highest BCUT2D eigenvalue weighted by Gasteiger charge is 2.45. The number of pyridine rings is 1. The molecule has 7 nitrogen and oxygen atoms in total. The standard InChI is InChI=1S/C25H17BrN2O5/c1-32-18-7-5-17(6-8-18)28-22(14-3-2-10-27-13-14)21(24(30)25(28)31)23(29)20-12-15-11-16(26)4-9-19(15)33-20/h2-13,22,30H,1H3. The first-order chi connectivity index (χ1) is 16.0. The number of fused-ring (bicyclic) bond motifs is 1. The van der Waals surface area contributed by atoms with Gasteiger partial charge >= 0.3 is 0 Å². The van der Waals surface area contributed by atoms with Gasteiger partial charge in [-0.2, -0.15) is 0 Å². The second kappa shape index (κ2) is 8.22. The fraction of sp³-hybridized carbons (Fsp3) is 0.0800. The van der Waals surface area contributed by atoms with Gasteiger partial charge in [-0.3, -0.25) is 19.5 Å². The molecule has 1 aliphatic heterocycles. The lowest BCUT2D eigenvalue weighted by molar-refractivity contribution is -0.117. The summed E-state index contributed by atoms with van der Waals surface area (Å²) in [5.41, 5.74) is 1.53. The molecule has 0 bridgehead atoms. The largest absolute Gasteiger partial charge is 0.503 e. The molecule has 0 saturated carbocycles. The summed E-state index contributed by atoms with van der Waals surface area (Å²) in [5.74, 6) is -1.23. The van der Waals surface area contributed by atoms with E-state index in [1.165, 1.54) is 4.90 Å². The van der Waals surface area contributed by atoms with Gasteiger partial charge in [-0.05, 0) is 60.2 Å². The summed E-state index contributed by atoms with van der Waals surface area (Å²) < 4.78 is 11.8. The summed E-state index contributed by atoms with van der Waals surface area (Å²) in [7, 11) is 1.55. The maximum atomic E-state index is 13.6. The first-order valence-electron chi connectivity index (χ1n) is 10.0. The van der Waals surface area contributed by atoms with Gasteiger partial charge in [0.25, 0.3) is 5.91 Å². The Morgan fingerprint density at radius 3 is 2.64 bits per heavy atom. The topological polar surface area (TPSA) is 92.9 Å². The number of hydrogen-bond acceptors (Lipinski definition) is 6. The van der Waals surface area contributed by atoms with Crippen LogP contribution in [-0.2, 0) is 4.79 Å². The van der Waals surface area contributed by atoms with Gasteiger partial charge in [-0.15, -0.1) is 0 Å². The summed E-state index contributed by atoms with van der Waals surface area (Å²) in [6, 6.07) is 16.4. The minimum absolute atomic E-state index is 0.0305. The zero-order valence-corrected chi connectivity index (χ0v) is 18.9. The Labute approximate surface area is 197 Å².